The lowest BCUT2D eigenvalue weighted by atomic mass is 9.82. The van der Waals surface area contributed by atoms with Crippen LogP contribution in [-0.2, 0) is 24.1 Å². The van der Waals surface area contributed by atoms with Gasteiger partial charge in [-0.3, -0.25) is 4.79 Å². The van der Waals surface area contributed by atoms with Crippen molar-refractivity contribution in [3.05, 3.63) is 0 Å². The molecule has 2 heterocycles. The van der Waals surface area contributed by atoms with Gasteiger partial charge in [0, 0.05) is 37.3 Å². The molecule has 0 N–H and O–H groups in total. The van der Waals surface area contributed by atoms with Gasteiger partial charge in [-0.15, -0.1) is 0 Å². The second-order valence-corrected chi connectivity index (χ2v) is 7.70. The molecule has 0 bridgehead atoms. The molecular formula is C12H21NO5S. The second-order valence-electron chi connectivity index (χ2n) is 5.56. The van der Waals surface area contributed by atoms with Crippen molar-refractivity contribution in [2.45, 2.75) is 6.92 Å². The highest BCUT2D eigenvalue weighted by Gasteiger charge is 2.52. The predicted molar refractivity (Wildman–Crippen MR) is 69.5 cm³/mol. The third kappa shape index (κ3) is 3.27. The number of carbonyl (C=O) groups excluding carboxylic acids is 1. The number of likely N-dealkylation sites (tertiary alicyclic amines) is 1. The molecule has 0 aromatic carbocycles. The van der Waals surface area contributed by atoms with Gasteiger partial charge in [-0.05, 0) is 6.92 Å². The number of carbonyl (C=O) groups is 1. The van der Waals surface area contributed by atoms with E-state index in [-0.39, 0.29) is 17.2 Å². The lowest BCUT2D eigenvalue weighted by Gasteiger charge is -2.26. The zero-order valence-electron chi connectivity index (χ0n) is 11.4. The fourth-order valence-electron chi connectivity index (χ4n) is 2.85. The van der Waals surface area contributed by atoms with Crippen LogP contribution in [0, 0.1) is 11.3 Å². The highest BCUT2D eigenvalue weighted by atomic mass is 32.2. The van der Waals surface area contributed by atoms with E-state index in [1.165, 1.54) is 0 Å². The molecule has 2 fully saturated rings. The first kappa shape index (κ1) is 14.7. The van der Waals surface area contributed by atoms with Crippen molar-refractivity contribution in [3.63, 3.8) is 0 Å². The van der Waals surface area contributed by atoms with Gasteiger partial charge in [0.2, 0.25) is 5.91 Å². The van der Waals surface area contributed by atoms with Gasteiger partial charge in [0.05, 0.1) is 19.8 Å². The van der Waals surface area contributed by atoms with Gasteiger partial charge in [-0.2, -0.15) is 0 Å². The zero-order chi connectivity index (χ0) is 14.1. The van der Waals surface area contributed by atoms with Crippen molar-refractivity contribution in [2.75, 3.05) is 51.5 Å². The Hall–Kier alpha value is -0.660. The minimum absolute atomic E-state index is 0.150. The van der Waals surface area contributed by atoms with Gasteiger partial charge in [0.25, 0.3) is 0 Å². The molecule has 2 saturated heterocycles. The summed E-state index contributed by atoms with van der Waals surface area (Å²) in [5.41, 5.74) is -0.150. The molecule has 2 aliphatic rings. The van der Waals surface area contributed by atoms with Crippen LogP contribution in [0.4, 0.5) is 0 Å². The predicted octanol–water partition coefficient (Wildman–Crippen LogP) is -0.457. The summed E-state index contributed by atoms with van der Waals surface area (Å²) in [6.45, 7) is 5.44. The van der Waals surface area contributed by atoms with E-state index in [2.05, 4.69) is 0 Å². The van der Waals surface area contributed by atoms with E-state index in [4.69, 9.17) is 9.47 Å². The molecule has 0 aromatic heterocycles. The van der Waals surface area contributed by atoms with Crippen molar-refractivity contribution in [3.8, 4) is 0 Å². The normalized spacial score (nSPS) is 30.6. The molecule has 19 heavy (non-hydrogen) atoms. The molecule has 0 radical (unpaired) electrons. The molecule has 0 spiro atoms. The van der Waals surface area contributed by atoms with E-state index >= 15 is 0 Å². The van der Waals surface area contributed by atoms with Crippen LogP contribution in [0.1, 0.15) is 6.92 Å². The number of ether oxygens (including phenoxy) is 2. The Kier molecular flexibility index (Phi) is 4.17. The van der Waals surface area contributed by atoms with Gasteiger partial charge in [0.1, 0.15) is 5.75 Å². The molecule has 2 atom stereocenters. The largest absolute Gasteiger partial charge is 0.381 e. The number of hydrogen-bond acceptors (Lipinski definition) is 5. The van der Waals surface area contributed by atoms with E-state index in [0.29, 0.717) is 39.5 Å². The van der Waals surface area contributed by atoms with Crippen LogP contribution in [0.5, 0.6) is 0 Å². The summed E-state index contributed by atoms with van der Waals surface area (Å²) in [6.07, 6.45) is 1.08. The quantitative estimate of drug-likeness (QED) is 0.685. The fourth-order valence-corrected chi connectivity index (χ4v) is 3.48. The average molecular weight is 291 g/mol. The van der Waals surface area contributed by atoms with Crippen molar-refractivity contribution < 1.29 is 22.7 Å². The smallest absolute Gasteiger partial charge is 0.237 e. The minimum Gasteiger partial charge on any atom is -0.381 e. The molecule has 0 aliphatic carbocycles. The average Bonchev–Trinajstić information content (AvgIpc) is 2.80. The highest BCUT2D eigenvalue weighted by Crippen LogP contribution is 2.41. The third-order valence-electron chi connectivity index (χ3n) is 3.85. The van der Waals surface area contributed by atoms with Crippen LogP contribution in [-0.4, -0.2) is 70.8 Å². The number of hydrogen-bond donors (Lipinski definition) is 0. The van der Waals surface area contributed by atoms with Crippen LogP contribution >= 0.6 is 0 Å². The van der Waals surface area contributed by atoms with Gasteiger partial charge in [-0.25, -0.2) is 8.42 Å². The summed E-state index contributed by atoms with van der Waals surface area (Å²) in [6, 6.07) is 0. The van der Waals surface area contributed by atoms with E-state index < -0.39 is 15.6 Å². The van der Waals surface area contributed by atoms with E-state index in [1.54, 1.807) is 4.90 Å². The zero-order valence-corrected chi connectivity index (χ0v) is 12.2. The first-order valence-corrected chi connectivity index (χ1v) is 8.53. The van der Waals surface area contributed by atoms with E-state index in [1.807, 2.05) is 6.92 Å². The van der Waals surface area contributed by atoms with E-state index in [0.717, 1.165) is 6.26 Å². The first-order valence-electron chi connectivity index (χ1n) is 6.47. The van der Waals surface area contributed by atoms with Crippen molar-refractivity contribution in [1.82, 2.24) is 4.90 Å². The van der Waals surface area contributed by atoms with Crippen molar-refractivity contribution >= 4 is 15.7 Å². The number of rotatable bonds is 5. The Morgan fingerprint density at radius 2 is 2.26 bits per heavy atom. The Morgan fingerprint density at radius 1 is 1.53 bits per heavy atom. The minimum atomic E-state index is -3.27. The Bertz CT molecular complexity index is 449. The van der Waals surface area contributed by atoms with E-state index in [9.17, 15) is 13.2 Å². The summed E-state index contributed by atoms with van der Waals surface area (Å²) < 4.78 is 33.4. The molecule has 2 rings (SSSR count). The van der Waals surface area contributed by atoms with Crippen LogP contribution < -0.4 is 0 Å². The van der Waals surface area contributed by atoms with Crippen LogP contribution in [0.15, 0.2) is 0 Å². The molecule has 0 saturated carbocycles. The Labute approximate surface area is 114 Å². The SMILES string of the molecule is CCOC[C@@]12COC[C@@H]1CN(C(=O)CS(C)(=O)=O)C2. The topological polar surface area (TPSA) is 72.9 Å². The number of nitrogens with zero attached hydrogens (tertiary/aromatic N) is 1. The number of sulfone groups is 1. The summed E-state index contributed by atoms with van der Waals surface area (Å²) in [5, 5.41) is 0. The van der Waals surface area contributed by atoms with Gasteiger partial charge >= 0.3 is 0 Å². The molecule has 6 nitrogen and oxygen atoms in total. The molecule has 7 heteroatoms. The monoisotopic (exact) mass is 291 g/mol. The van der Waals surface area contributed by atoms with Gasteiger partial charge in [-0.1, -0.05) is 0 Å². The molecule has 0 aromatic rings. The molecular weight excluding hydrogens is 270 g/mol. The summed E-state index contributed by atoms with van der Waals surface area (Å²) in [7, 11) is -3.27. The first-order chi connectivity index (χ1) is 8.86. The molecule has 0 unspecified atom stereocenters. The van der Waals surface area contributed by atoms with Crippen LogP contribution in [0.25, 0.3) is 0 Å². The maximum Gasteiger partial charge on any atom is 0.237 e. The number of amides is 1. The molecule has 110 valence electrons. The summed E-state index contributed by atoms with van der Waals surface area (Å²) >= 11 is 0. The number of fused-ring (bicyclic) bond motifs is 1. The Balaban J connectivity index is 2.03. The second kappa shape index (κ2) is 5.38. The molecule has 2 aliphatic heterocycles. The van der Waals surface area contributed by atoms with Crippen molar-refractivity contribution in [1.29, 1.82) is 0 Å². The van der Waals surface area contributed by atoms with Crippen LogP contribution in [0.3, 0.4) is 0 Å². The lowest BCUT2D eigenvalue weighted by molar-refractivity contribution is -0.128. The maximum atomic E-state index is 12.0. The lowest BCUT2D eigenvalue weighted by Crippen LogP contribution is -2.39. The van der Waals surface area contributed by atoms with Crippen molar-refractivity contribution in [2.24, 2.45) is 11.3 Å². The highest BCUT2D eigenvalue weighted by molar-refractivity contribution is 7.91. The van der Waals surface area contributed by atoms with Gasteiger partial charge < -0.3 is 14.4 Å². The fraction of sp³-hybridized carbons (Fsp3) is 0.917. The standard InChI is InChI=1S/C12H21NO5S/c1-3-17-8-12-7-13(4-10(12)5-18-9-12)11(14)6-19(2,15)16/h10H,3-9H2,1-2H3/t10-,12-/m0/s1. The maximum absolute atomic E-state index is 12.0. The third-order valence-corrected chi connectivity index (χ3v) is 4.62. The summed E-state index contributed by atoms with van der Waals surface area (Å²) in [5.74, 6) is -0.471. The molecule has 1 amide bonds. The summed E-state index contributed by atoms with van der Waals surface area (Å²) in [4.78, 5) is 13.6. The Morgan fingerprint density at radius 3 is 2.89 bits per heavy atom. The van der Waals surface area contributed by atoms with Gasteiger partial charge in [0.15, 0.2) is 9.84 Å². The van der Waals surface area contributed by atoms with Crippen LogP contribution in [0.2, 0.25) is 0 Å².